The molecule has 1 aromatic carbocycles. The van der Waals surface area contributed by atoms with Crippen molar-refractivity contribution < 1.29 is 4.79 Å². The van der Waals surface area contributed by atoms with Gasteiger partial charge in [-0.05, 0) is 12.1 Å². The zero-order valence-corrected chi connectivity index (χ0v) is 12.4. The van der Waals surface area contributed by atoms with E-state index in [9.17, 15) is 4.79 Å². The van der Waals surface area contributed by atoms with E-state index < -0.39 is 0 Å². The van der Waals surface area contributed by atoms with E-state index in [0.717, 1.165) is 16.9 Å². The highest BCUT2D eigenvalue weighted by molar-refractivity contribution is 6.32. The maximum atomic E-state index is 12.1. The lowest BCUT2D eigenvalue weighted by atomic mass is 10.3. The average Bonchev–Trinajstić information content (AvgIpc) is 2.99. The second kappa shape index (κ2) is 5.21. The van der Waals surface area contributed by atoms with Gasteiger partial charge in [0.1, 0.15) is 11.0 Å². The minimum atomic E-state index is -0.264. The molecule has 0 unspecified atom stereocenters. The number of benzene rings is 1. The van der Waals surface area contributed by atoms with Crippen LogP contribution in [0.4, 0.5) is 0 Å². The summed E-state index contributed by atoms with van der Waals surface area (Å²) in [5.74, 6) is 0.518. The molecule has 0 fully saturated rings. The molecular formula is C14H14ClN5O. The Morgan fingerprint density at radius 2 is 2.10 bits per heavy atom. The van der Waals surface area contributed by atoms with Crippen LogP contribution in [0, 0.1) is 0 Å². The van der Waals surface area contributed by atoms with Gasteiger partial charge in [0.25, 0.3) is 5.91 Å². The molecule has 3 rings (SSSR count). The summed E-state index contributed by atoms with van der Waals surface area (Å²) in [5.41, 5.74) is 2.29. The van der Waals surface area contributed by atoms with Crippen molar-refractivity contribution in [2.45, 2.75) is 6.54 Å². The average molecular weight is 304 g/mol. The summed E-state index contributed by atoms with van der Waals surface area (Å²) in [6.45, 7) is 0.329. The van der Waals surface area contributed by atoms with E-state index in [1.54, 1.807) is 7.05 Å². The van der Waals surface area contributed by atoms with Crippen molar-refractivity contribution in [3.63, 3.8) is 0 Å². The first kappa shape index (κ1) is 13.6. The van der Waals surface area contributed by atoms with E-state index in [-0.39, 0.29) is 5.91 Å². The van der Waals surface area contributed by atoms with Crippen molar-refractivity contribution in [1.82, 2.24) is 24.6 Å². The van der Waals surface area contributed by atoms with Gasteiger partial charge in [0.05, 0.1) is 29.3 Å². The summed E-state index contributed by atoms with van der Waals surface area (Å²) < 4.78 is 3.41. The first-order valence-corrected chi connectivity index (χ1v) is 6.81. The molecule has 1 amide bonds. The zero-order valence-electron chi connectivity index (χ0n) is 11.7. The number of amides is 1. The fourth-order valence-electron chi connectivity index (χ4n) is 2.18. The van der Waals surface area contributed by atoms with Gasteiger partial charge in [-0.15, -0.1) is 0 Å². The molecule has 3 aromatic rings. The number of nitrogens with one attached hydrogen (secondary N) is 1. The molecule has 1 N–H and O–H groups in total. The van der Waals surface area contributed by atoms with Gasteiger partial charge in [-0.25, -0.2) is 4.98 Å². The largest absolute Gasteiger partial charge is 0.345 e. The summed E-state index contributed by atoms with van der Waals surface area (Å²) >= 11 is 6.00. The molecule has 108 valence electrons. The van der Waals surface area contributed by atoms with E-state index in [1.165, 1.54) is 10.9 Å². The monoisotopic (exact) mass is 303 g/mol. The molecule has 0 saturated carbocycles. The van der Waals surface area contributed by atoms with Crippen LogP contribution in [0.15, 0.2) is 30.5 Å². The number of para-hydroxylation sites is 2. The van der Waals surface area contributed by atoms with Crippen LogP contribution in [-0.2, 0) is 20.6 Å². The van der Waals surface area contributed by atoms with E-state index in [2.05, 4.69) is 15.4 Å². The first-order chi connectivity index (χ1) is 10.1. The molecule has 0 radical (unpaired) electrons. The van der Waals surface area contributed by atoms with Crippen molar-refractivity contribution >= 4 is 28.5 Å². The highest BCUT2D eigenvalue weighted by Crippen LogP contribution is 2.15. The minimum Gasteiger partial charge on any atom is -0.345 e. The number of carbonyl (C=O) groups is 1. The number of aromatic nitrogens is 4. The predicted molar refractivity (Wildman–Crippen MR) is 80.1 cm³/mol. The molecular weight excluding hydrogens is 290 g/mol. The number of imidazole rings is 1. The molecule has 0 atom stereocenters. The number of hydrogen-bond donors (Lipinski definition) is 1. The SMILES string of the molecule is Cn1ncc(C(=O)NCc2nc3ccccc3n2C)c1Cl. The standard InChI is InChI=1S/C14H14ClN5O/c1-19-11-6-4-3-5-10(11)18-12(19)8-16-14(21)9-7-17-20(2)13(9)15/h3-7H,8H2,1-2H3,(H,16,21). The van der Waals surface area contributed by atoms with Crippen molar-refractivity contribution in [3.05, 3.63) is 47.0 Å². The smallest absolute Gasteiger partial charge is 0.256 e. The van der Waals surface area contributed by atoms with Crippen LogP contribution in [0.5, 0.6) is 0 Å². The van der Waals surface area contributed by atoms with Crippen molar-refractivity contribution in [1.29, 1.82) is 0 Å². The van der Waals surface area contributed by atoms with E-state index in [1.807, 2.05) is 35.9 Å². The van der Waals surface area contributed by atoms with E-state index >= 15 is 0 Å². The third-order valence-corrected chi connectivity index (χ3v) is 3.85. The molecule has 7 heteroatoms. The number of aryl methyl sites for hydroxylation is 2. The molecule has 2 heterocycles. The van der Waals surface area contributed by atoms with Gasteiger partial charge in [0.15, 0.2) is 0 Å². The van der Waals surface area contributed by atoms with Crippen LogP contribution in [0.3, 0.4) is 0 Å². The second-order valence-corrected chi connectivity index (χ2v) is 5.09. The Kier molecular flexibility index (Phi) is 3.39. The lowest BCUT2D eigenvalue weighted by Crippen LogP contribution is -2.24. The molecule has 0 aliphatic rings. The lowest BCUT2D eigenvalue weighted by molar-refractivity contribution is 0.0949. The fourth-order valence-corrected chi connectivity index (χ4v) is 2.36. The van der Waals surface area contributed by atoms with Gasteiger partial charge in [0, 0.05) is 14.1 Å². The highest BCUT2D eigenvalue weighted by atomic mass is 35.5. The number of nitrogens with zero attached hydrogens (tertiary/aromatic N) is 4. The molecule has 0 bridgehead atoms. The maximum absolute atomic E-state index is 12.1. The number of halogens is 1. The van der Waals surface area contributed by atoms with Crippen molar-refractivity contribution in [3.8, 4) is 0 Å². The molecule has 0 spiro atoms. The molecule has 6 nitrogen and oxygen atoms in total. The van der Waals surface area contributed by atoms with Crippen molar-refractivity contribution in [2.75, 3.05) is 0 Å². The molecule has 0 aliphatic heterocycles. The molecule has 0 aliphatic carbocycles. The summed E-state index contributed by atoms with van der Waals surface area (Å²) in [7, 11) is 3.61. The number of rotatable bonds is 3. The summed E-state index contributed by atoms with van der Waals surface area (Å²) in [4.78, 5) is 16.6. The van der Waals surface area contributed by atoms with Crippen LogP contribution in [0.1, 0.15) is 16.2 Å². The zero-order chi connectivity index (χ0) is 15.0. The lowest BCUT2D eigenvalue weighted by Gasteiger charge is -2.04. The minimum absolute atomic E-state index is 0.264. The maximum Gasteiger partial charge on any atom is 0.256 e. The Morgan fingerprint density at radius 3 is 2.76 bits per heavy atom. The summed E-state index contributed by atoms with van der Waals surface area (Å²) in [6.07, 6.45) is 1.45. The van der Waals surface area contributed by atoms with Gasteiger partial charge >= 0.3 is 0 Å². The first-order valence-electron chi connectivity index (χ1n) is 6.44. The van der Waals surface area contributed by atoms with Crippen LogP contribution >= 0.6 is 11.6 Å². The number of carbonyl (C=O) groups excluding carboxylic acids is 1. The van der Waals surface area contributed by atoms with Crippen molar-refractivity contribution in [2.24, 2.45) is 14.1 Å². The van der Waals surface area contributed by atoms with Gasteiger partial charge in [-0.3, -0.25) is 9.48 Å². The third-order valence-electron chi connectivity index (χ3n) is 3.40. The summed E-state index contributed by atoms with van der Waals surface area (Å²) in [6, 6.07) is 7.83. The van der Waals surface area contributed by atoms with Crippen LogP contribution < -0.4 is 5.32 Å². The quantitative estimate of drug-likeness (QED) is 0.803. The Hall–Kier alpha value is -2.34. The highest BCUT2D eigenvalue weighted by Gasteiger charge is 2.15. The fraction of sp³-hybridized carbons (Fsp3) is 0.214. The summed E-state index contributed by atoms with van der Waals surface area (Å²) in [5, 5.41) is 7.08. The number of hydrogen-bond acceptors (Lipinski definition) is 3. The Balaban J connectivity index is 1.79. The Morgan fingerprint density at radius 1 is 1.33 bits per heavy atom. The van der Waals surface area contributed by atoms with Crippen LogP contribution in [0.2, 0.25) is 5.15 Å². The van der Waals surface area contributed by atoms with Crippen LogP contribution in [-0.4, -0.2) is 25.2 Å². The molecule has 2 aromatic heterocycles. The molecule has 0 saturated heterocycles. The number of fused-ring (bicyclic) bond motifs is 1. The predicted octanol–water partition coefficient (Wildman–Crippen LogP) is 1.89. The van der Waals surface area contributed by atoms with Gasteiger partial charge in [0.2, 0.25) is 0 Å². The van der Waals surface area contributed by atoms with Gasteiger partial charge in [-0.1, -0.05) is 23.7 Å². The van der Waals surface area contributed by atoms with E-state index in [0.29, 0.717) is 17.3 Å². The molecule has 21 heavy (non-hydrogen) atoms. The topological polar surface area (TPSA) is 64.7 Å². The second-order valence-electron chi connectivity index (χ2n) is 4.73. The van der Waals surface area contributed by atoms with E-state index in [4.69, 9.17) is 11.6 Å². The third kappa shape index (κ3) is 2.38. The van der Waals surface area contributed by atoms with Gasteiger partial charge < -0.3 is 9.88 Å². The van der Waals surface area contributed by atoms with Gasteiger partial charge in [-0.2, -0.15) is 5.10 Å². The Labute approximate surface area is 126 Å². The Bertz CT molecular complexity index is 820. The normalized spacial score (nSPS) is 11.0. The van der Waals surface area contributed by atoms with Crippen LogP contribution in [0.25, 0.3) is 11.0 Å².